The van der Waals surface area contributed by atoms with E-state index in [0.717, 1.165) is 16.8 Å². The van der Waals surface area contributed by atoms with Crippen molar-refractivity contribution >= 4 is 29.0 Å². The second kappa shape index (κ2) is 19.5. The molecule has 276 valence electrons. The summed E-state index contributed by atoms with van der Waals surface area (Å²) in [7, 11) is -2.70. The van der Waals surface area contributed by atoms with Crippen molar-refractivity contribution in [3.63, 3.8) is 0 Å². The van der Waals surface area contributed by atoms with Gasteiger partial charge in [0.25, 0.3) is 10.1 Å². The fourth-order valence-electron chi connectivity index (χ4n) is 6.58. The molecular weight excluding hydrogens is 748 g/mol. The van der Waals surface area contributed by atoms with E-state index in [-0.39, 0.29) is 30.7 Å². The number of hydrogen-bond donors (Lipinski definition) is 1. The summed E-state index contributed by atoms with van der Waals surface area (Å²) < 4.78 is 25.9. The quantitative estimate of drug-likeness (QED) is 0.0875. The maximum Gasteiger partial charge on any atom is 2.00 e. The van der Waals surface area contributed by atoms with Gasteiger partial charge in [-0.2, -0.15) is 14.1 Å². The molecule has 4 nitrogen and oxygen atoms in total. The second-order valence-corrected chi connectivity index (χ2v) is 21.5. The minimum Gasteiger partial charge on any atom is -0.694 e. The molecule has 4 aromatic rings. The van der Waals surface area contributed by atoms with Gasteiger partial charge >= 0.3 is 20.4 Å². The van der Waals surface area contributed by atoms with Crippen LogP contribution in [0.4, 0.5) is 5.69 Å². The predicted molar refractivity (Wildman–Crippen MR) is 219 cm³/mol. The average Bonchev–Trinajstić information content (AvgIpc) is 2.99. The number of benzene rings is 4. The summed E-state index contributed by atoms with van der Waals surface area (Å²) in [6.45, 7) is 28.7. The Hall–Kier alpha value is -2.32. The third-order valence-electron chi connectivity index (χ3n) is 8.24. The first-order valence-corrected chi connectivity index (χ1v) is 20.7. The molecule has 0 bridgehead atoms. The van der Waals surface area contributed by atoms with Gasteiger partial charge in [-0.15, -0.1) is 48.5 Å². The number of para-hydroxylation sites is 1. The molecule has 0 saturated carbocycles. The van der Waals surface area contributed by atoms with E-state index >= 15 is 0 Å². The van der Waals surface area contributed by atoms with E-state index in [1.54, 1.807) is 5.30 Å². The molecule has 50 heavy (non-hydrogen) atoms. The van der Waals surface area contributed by atoms with E-state index in [4.69, 9.17) is 4.55 Å². The molecule has 0 radical (unpaired) electrons. The smallest absolute Gasteiger partial charge is 0.694 e. The van der Waals surface area contributed by atoms with Gasteiger partial charge in [-0.05, 0) is 87.6 Å². The summed E-state index contributed by atoms with van der Waals surface area (Å²) >= 11 is 0. The molecule has 0 fully saturated rings. The molecule has 0 heterocycles. The van der Waals surface area contributed by atoms with Crippen molar-refractivity contribution in [1.82, 2.24) is 0 Å². The Morgan fingerprint density at radius 3 is 1.54 bits per heavy atom. The molecule has 0 aliphatic rings. The maximum atomic E-state index is 9.19. The monoisotopic (exact) mass is 808 g/mol. The molecular formula is C43H61NO3PPdS+. The minimum absolute atomic E-state index is 0. The first-order chi connectivity index (χ1) is 22.6. The molecule has 4 aromatic carbocycles. The van der Waals surface area contributed by atoms with Crippen LogP contribution in [0.5, 0.6) is 0 Å². The summed E-state index contributed by atoms with van der Waals surface area (Å²) in [6.07, 6.45) is 0.715. The van der Waals surface area contributed by atoms with E-state index < -0.39 is 18.0 Å². The zero-order valence-corrected chi connectivity index (χ0v) is 36.1. The van der Waals surface area contributed by atoms with E-state index in [0.29, 0.717) is 24.0 Å². The van der Waals surface area contributed by atoms with Crippen LogP contribution in [0.3, 0.4) is 0 Å². The van der Waals surface area contributed by atoms with E-state index in [2.05, 4.69) is 137 Å². The van der Waals surface area contributed by atoms with Crippen molar-refractivity contribution < 1.29 is 33.4 Å². The van der Waals surface area contributed by atoms with Gasteiger partial charge in [-0.25, -0.2) is 0 Å². The van der Waals surface area contributed by atoms with Gasteiger partial charge in [0, 0.05) is 13.5 Å². The van der Waals surface area contributed by atoms with Crippen LogP contribution in [-0.4, -0.2) is 36.6 Å². The first-order valence-electron chi connectivity index (χ1n) is 17.3. The Morgan fingerprint density at radius 2 is 1.14 bits per heavy atom. The molecule has 0 aliphatic heterocycles. The van der Waals surface area contributed by atoms with Crippen molar-refractivity contribution in [3.8, 4) is 22.3 Å². The zero-order chi connectivity index (χ0) is 37.3. The third-order valence-corrected chi connectivity index (χ3v) is 12.2. The Balaban J connectivity index is 0.000000514. The van der Waals surface area contributed by atoms with Crippen LogP contribution < -0.4 is 5.30 Å². The van der Waals surface area contributed by atoms with Crippen molar-refractivity contribution in [2.45, 2.75) is 111 Å². The Bertz CT molecular complexity index is 1690. The van der Waals surface area contributed by atoms with E-state index in [1.165, 1.54) is 27.8 Å². The maximum absolute atomic E-state index is 9.19. The molecule has 7 heteroatoms. The largest absolute Gasteiger partial charge is 2.00 e. The fourth-order valence-corrected chi connectivity index (χ4v) is 11.2. The van der Waals surface area contributed by atoms with Gasteiger partial charge in [0.1, 0.15) is 5.30 Å². The van der Waals surface area contributed by atoms with Crippen LogP contribution >= 0.6 is 7.92 Å². The predicted octanol–water partition coefficient (Wildman–Crippen LogP) is 12.5. The molecule has 0 unspecified atom stereocenters. The molecule has 0 amide bonds. The van der Waals surface area contributed by atoms with E-state index in [1.807, 2.05) is 49.5 Å². The van der Waals surface area contributed by atoms with Crippen LogP contribution in [0, 0.1) is 6.07 Å². The normalized spacial score (nSPS) is 11.8. The van der Waals surface area contributed by atoms with Crippen molar-refractivity contribution in [2.75, 3.05) is 13.3 Å². The van der Waals surface area contributed by atoms with Gasteiger partial charge in [0.05, 0.1) is 16.6 Å². The summed E-state index contributed by atoms with van der Waals surface area (Å²) in [5.74, 6) is 1.56. The first kappa shape index (κ1) is 45.7. The summed E-state index contributed by atoms with van der Waals surface area (Å²) in [5, 5.41) is 6.40. The molecule has 0 spiro atoms. The van der Waals surface area contributed by atoms with Crippen LogP contribution in [0.1, 0.15) is 118 Å². The van der Waals surface area contributed by atoms with Gasteiger partial charge in [-0.1, -0.05) is 96.1 Å². The summed E-state index contributed by atoms with van der Waals surface area (Å²) in [4.78, 5) is 0. The number of hydrogen-bond acceptors (Lipinski definition) is 2. The Kier molecular flexibility index (Phi) is 17.8. The Labute approximate surface area is 320 Å². The SMILES string of the molecule is CC(C)c1cc(C(C)C)c(-c2ccccc2[PH+](C(C)(C)C)C(C)(C)C)c(C(C)C)c1.CS(=O)(=O)O.C[N-]c1ccccc1-c1[c-]cccc1.[Pd+2]. The number of rotatable bonds is 7. The molecule has 0 aromatic heterocycles. The van der Waals surface area contributed by atoms with Crippen LogP contribution in [0.2, 0.25) is 0 Å². The molecule has 0 aliphatic carbocycles. The molecule has 4 rings (SSSR count). The third kappa shape index (κ3) is 13.7. The van der Waals surface area contributed by atoms with Crippen LogP contribution in [0.15, 0.2) is 84.9 Å². The fraction of sp³-hybridized carbons (Fsp3) is 0.442. The number of nitrogens with zero attached hydrogens (tertiary/aromatic N) is 1. The van der Waals surface area contributed by atoms with Crippen molar-refractivity contribution in [1.29, 1.82) is 0 Å². The standard InChI is InChI=1S/C29H45P.C13H11N.CH4O3S.Pd/c1-19(2)22-17-24(20(3)4)27(25(18-22)21(5)6)23-15-13-14-16-26(23)30(28(7,8)9)29(10,11)12;1-14-13-10-6-5-9-12(13)11-7-3-2-4-8-11;1-5(2,3)4;/h13-21H,1-12H3;2-7,9-10H,1H3;1H3,(H,2,3,4);/q;-2;;+2/p+1. The summed E-state index contributed by atoms with van der Waals surface area (Å²) in [6, 6.07) is 33.6. The Morgan fingerprint density at radius 1 is 0.700 bits per heavy atom. The van der Waals surface area contributed by atoms with Gasteiger partial charge < -0.3 is 5.32 Å². The molecule has 0 atom stereocenters. The zero-order valence-electron chi connectivity index (χ0n) is 32.8. The van der Waals surface area contributed by atoms with E-state index in [9.17, 15) is 8.42 Å². The van der Waals surface area contributed by atoms with Gasteiger partial charge in [0.2, 0.25) is 0 Å². The summed E-state index contributed by atoms with van der Waals surface area (Å²) in [5.41, 5.74) is 10.7. The van der Waals surface area contributed by atoms with Crippen LogP contribution in [0.25, 0.3) is 27.6 Å². The molecule has 1 N–H and O–H groups in total. The topological polar surface area (TPSA) is 68.5 Å². The average molecular weight is 809 g/mol. The van der Waals surface area contributed by atoms with Crippen molar-refractivity contribution in [3.05, 3.63) is 113 Å². The van der Waals surface area contributed by atoms with Crippen LogP contribution in [-0.2, 0) is 30.5 Å². The van der Waals surface area contributed by atoms with Crippen molar-refractivity contribution in [2.24, 2.45) is 0 Å². The van der Waals surface area contributed by atoms with Gasteiger partial charge in [-0.3, -0.25) is 4.55 Å². The van der Waals surface area contributed by atoms with Gasteiger partial charge in [0.15, 0.2) is 0 Å². The second-order valence-electron chi connectivity index (χ2n) is 15.7. The minimum atomic E-state index is -3.67. The molecule has 0 saturated heterocycles.